The van der Waals surface area contributed by atoms with Crippen LogP contribution in [0.25, 0.3) is 0 Å². The molecule has 0 amide bonds. The smallest absolute Gasteiger partial charge is 0.0314 e. The highest BCUT2D eigenvalue weighted by Crippen LogP contribution is 2.14. The predicted octanol–water partition coefficient (Wildman–Crippen LogP) is 4.93. The van der Waals surface area contributed by atoms with E-state index in [0.717, 1.165) is 24.2 Å². The lowest BCUT2D eigenvalue weighted by Gasteiger charge is -2.04. The molecule has 0 heterocycles. The van der Waals surface area contributed by atoms with Gasteiger partial charge >= 0.3 is 0 Å². The topological polar surface area (TPSA) is 52.0 Å². The van der Waals surface area contributed by atoms with Gasteiger partial charge in [0, 0.05) is 11.4 Å². The minimum absolute atomic E-state index is 0.850. The van der Waals surface area contributed by atoms with Gasteiger partial charge in [-0.05, 0) is 85.4 Å². The monoisotopic (exact) mass is 328 g/mol. The summed E-state index contributed by atoms with van der Waals surface area (Å²) in [6.45, 7) is 0. The zero-order valence-electron chi connectivity index (χ0n) is 13.8. The summed E-state index contributed by atoms with van der Waals surface area (Å²) in [4.78, 5) is 0. The van der Waals surface area contributed by atoms with Crippen LogP contribution in [0.3, 0.4) is 0 Å². The van der Waals surface area contributed by atoms with Crippen molar-refractivity contribution in [2.24, 2.45) is 0 Å². The Bertz CT molecular complexity index is 497. The van der Waals surface area contributed by atoms with Gasteiger partial charge in [0.15, 0.2) is 0 Å². The summed E-state index contributed by atoms with van der Waals surface area (Å²) in [7, 11) is 0. The Morgan fingerprint density at radius 2 is 0.957 bits per heavy atom. The lowest BCUT2D eigenvalue weighted by atomic mass is 10.1. The first-order valence-electron chi connectivity index (χ1n) is 8.50. The molecule has 2 aromatic carbocycles. The van der Waals surface area contributed by atoms with Gasteiger partial charge in [-0.25, -0.2) is 0 Å². The van der Waals surface area contributed by atoms with E-state index in [2.05, 4.69) is 36.0 Å². The highest BCUT2D eigenvalue weighted by molar-refractivity contribution is 7.99. The first kappa shape index (κ1) is 17.7. The van der Waals surface area contributed by atoms with E-state index in [-0.39, 0.29) is 0 Å². The normalized spacial score (nSPS) is 10.8. The van der Waals surface area contributed by atoms with Crippen LogP contribution in [0.5, 0.6) is 0 Å². The van der Waals surface area contributed by atoms with Crippen molar-refractivity contribution in [2.45, 2.75) is 38.5 Å². The van der Waals surface area contributed by atoms with Crippen LogP contribution >= 0.6 is 11.8 Å². The van der Waals surface area contributed by atoms with Gasteiger partial charge < -0.3 is 11.5 Å². The number of thioether (sulfide) groups is 1. The molecule has 0 bridgehead atoms. The van der Waals surface area contributed by atoms with E-state index in [1.165, 1.54) is 48.3 Å². The maximum Gasteiger partial charge on any atom is 0.0314 e. The van der Waals surface area contributed by atoms with Crippen molar-refractivity contribution in [3.63, 3.8) is 0 Å². The van der Waals surface area contributed by atoms with Crippen molar-refractivity contribution in [1.82, 2.24) is 0 Å². The summed E-state index contributed by atoms with van der Waals surface area (Å²) >= 11 is 2.09. The molecule has 0 spiro atoms. The van der Waals surface area contributed by atoms with Crippen molar-refractivity contribution in [3.05, 3.63) is 59.7 Å². The number of unbranched alkanes of at least 4 members (excludes halogenated alkanes) is 2. The fraction of sp³-hybridized carbons (Fsp3) is 0.400. The Balaban J connectivity index is 1.43. The molecule has 4 N–H and O–H groups in total. The predicted molar refractivity (Wildman–Crippen MR) is 105 cm³/mol. The fourth-order valence-electron chi connectivity index (χ4n) is 2.54. The molecular formula is C20H28N2S. The van der Waals surface area contributed by atoms with Crippen molar-refractivity contribution >= 4 is 23.1 Å². The average Bonchev–Trinajstić information content (AvgIpc) is 2.56. The Morgan fingerprint density at radius 3 is 1.35 bits per heavy atom. The van der Waals surface area contributed by atoms with Gasteiger partial charge in [0.1, 0.15) is 0 Å². The summed E-state index contributed by atoms with van der Waals surface area (Å²) in [6, 6.07) is 16.5. The SMILES string of the molecule is Nc1ccc(CCCCSCCCCc2ccc(N)cc2)cc1. The summed E-state index contributed by atoms with van der Waals surface area (Å²) in [6.07, 6.45) is 7.46. The van der Waals surface area contributed by atoms with Crippen LogP contribution in [0.15, 0.2) is 48.5 Å². The molecule has 2 nitrogen and oxygen atoms in total. The largest absolute Gasteiger partial charge is 0.399 e. The molecule has 23 heavy (non-hydrogen) atoms. The second-order valence-electron chi connectivity index (χ2n) is 6.01. The van der Waals surface area contributed by atoms with Crippen molar-refractivity contribution in [2.75, 3.05) is 23.0 Å². The van der Waals surface area contributed by atoms with E-state index in [9.17, 15) is 0 Å². The third kappa shape index (κ3) is 7.47. The van der Waals surface area contributed by atoms with E-state index < -0.39 is 0 Å². The average molecular weight is 329 g/mol. The van der Waals surface area contributed by atoms with Crippen LogP contribution < -0.4 is 11.5 Å². The standard InChI is InChI=1S/C20H28N2S/c21-19-11-7-17(8-12-19)5-1-3-15-23-16-4-2-6-18-9-13-20(22)14-10-18/h7-14H,1-6,15-16,21-22H2. The maximum atomic E-state index is 5.70. The minimum atomic E-state index is 0.850. The van der Waals surface area contributed by atoms with Crippen molar-refractivity contribution in [3.8, 4) is 0 Å². The van der Waals surface area contributed by atoms with E-state index >= 15 is 0 Å². The molecule has 0 saturated heterocycles. The number of anilines is 2. The molecule has 2 aromatic rings. The third-order valence-electron chi connectivity index (χ3n) is 3.97. The first-order chi connectivity index (χ1) is 11.2. The molecule has 0 fully saturated rings. The molecule has 0 atom stereocenters. The molecule has 0 aliphatic heterocycles. The quantitative estimate of drug-likeness (QED) is 0.480. The van der Waals surface area contributed by atoms with Gasteiger partial charge in [0.25, 0.3) is 0 Å². The lowest BCUT2D eigenvalue weighted by molar-refractivity contribution is 0.791. The van der Waals surface area contributed by atoms with Crippen LogP contribution in [-0.4, -0.2) is 11.5 Å². The number of hydrogen-bond acceptors (Lipinski definition) is 3. The second kappa shape index (κ2) is 10.2. The molecule has 124 valence electrons. The van der Waals surface area contributed by atoms with Crippen LogP contribution in [0.2, 0.25) is 0 Å². The van der Waals surface area contributed by atoms with Crippen LogP contribution in [0, 0.1) is 0 Å². The zero-order chi connectivity index (χ0) is 16.3. The molecule has 0 aliphatic carbocycles. The molecule has 0 aliphatic rings. The number of aryl methyl sites for hydroxylation is 2. The van der Waals surface area contributed by atoms with Gasteiger partial charge in [0.2, 0.25) is 0 Å². The Labute approximate surface area is 144 Å². The van der Waals surface area contributed by atoms with Gasteiger partial charge in [0.05, 0.1) is 0 Å². The highest BCUT2D eigenvalue weighted by atomic mass is 32.2. The van der Waals surface area contributed by atoms with Gasteiger partial charge in [-0.1, -0.05) is 24.3 Å². The molecule has 0 unspecified atom stereocenters. The van der Waals surface area contributed by atoms with E-state index in [1.54, 1.807) is 0 Å². The Kier molecular flexibility index (Phi) is 7.88. The minimum Gasteiger partial charge on any atom is -0.399 e. The van der Waals surface area contributed by atoms with Crippen LogP contribution in [0.4, 0.5) is 11.4 Å². The summed E-state index contributed by atoms with van der Waals surface area (Å²) < 4.78 is 0. The molecule has 0 saturated carbocycles. The first-order valence-corrected chi connectivity index (χ1v) is 9.66. The summed E-state index contributed by atoms with van der Waals surface area (Å²) in [5.74, 6) is 2.55. The lowest BCUT2D eigenvalue weighted by Crippen LogP contribution is -1.91. The van der Waals surface area contributed by atoms with E-state index in [1.807, 2.05) is 24.3 Å². The zero-order valence-corrected chi connectivity index (χ0v) is 14.7. The summed E-state index contributed by atoms with van der Waals surface area (Å²) in [5.41, 5.74) is 15.9. The molecule has 0 radical (unpaired) electrons. The fourth-order valence-corrected chi connectivity index (χ4v) is 3.56. The molecule has 2 rings (SSSR count). The summed E-state index contributed by atoms with van der Waals surface area (Å²) in [5, 5.41) is 0. The van der Waals surface area contributed by atoms with Crippen LogP contribution in [-0.2, 0) is 12.8 Å². The van der Waals surface area contributed by atoms with Crippen molar-refractivity contribution < 1.29 is 0 Å². The van der Waals surface area contributed by atoms with Crippen molar-refractivity contribution in [1.29, 1.82) is 0 Å². The highest BCUT2D eigenvalue weighted by Gasteiger charge is 1.96. The van der Waals surface area contributed by atoms with Gasteiger partial charge in [-0.2, -0.15) is 11.8 Å². The third-order valence-corrected chi connectivity index (χ3v) is 5.12. The number of benzene rings is 2. The van der Waals surface area contributed by atoms with E-state index in [4.69, 9.17) is 11.5 Å². The Hall–Kier alpha value is -1.61. The maximum absolute atomic E-state index is 5.70. The van der Waals surface area contributed by atoms with E-state index in [0.29, 0.717) is 0 Å². The number of hydrogen-bond donors (Lipinski definition) is 2. The number of rotatable bonds is 10. The number of nitrogens with two attached hydrogens (primary N) is 2. The molecule has 0 aromatic heterocycles. The van der Waals surface area contributed by atoms with Gasteiger partial charge in [-0.3, -0.25) is 0 Å². The molecular weight excluding hydrogens is 300 g/mol. The molecule has 3 heteroatoms. The van der Waals surface area contributed by atoms with Crippen LogP contribution in [0.1, 0.15) is 36.8 Å². The second-order valence-corrected chi connectivity index (χ2v) is 7.23. The van der Waals surface area contributed by atoms with Gasteiger partial charge in [-0.15, -0.1) is 0 Å². The Morgan fingerprint density at radius 1 is 0.565 bits per heavy atom. The number of nitrogen functional groups attached to an aromatic ring is 2.